The van der Waals surface area contributed by atoms with Crippen molar-refractivity contribution in [1.29, 1.82) is 5.26 Å². The summed E-state index contributed by atoms with van der Waals surface area (Å²) < 4.78 is 0. The number of nitrogens with one attached hydrogen (secondary N) is 1. The van der Waals surface area contributed by atoms with Crippen LogP contribution in [0.2, 0.25) is 0 Å². The van der Waals surface area contributed by atoms with E-state index < -0.39 is 5.54 Å². The van der Waals surface area contributed by atoms with Gasteiger partial charge in [0.05, 0.1) is 6.07 Å². The topological polar surface area (TPSA) is 42.3 Å². The highest BCUT2D eigenvalue weighted by Gasteiger charge is 2.26. The van der Waals surface area contributed by atoms with Gasteiger partial charge in [0.1, 0.15) is 5.54 Å². The number of rotatable bonds is 6. The summed E-state index contributed by atoms with van der Waals surface area (Å²) in [6, 6.07) is 3.42. The van der Waals surface area contributed by atoms with E-state index in [1.165, 1.54) is 0 Å². The van der Waals surface area contributed by atoms with Crippen LogP contribution in [-0.4, -0.2) is 60.1 Å². The Balaban J connectivity index is 2.35. The van der Waals surface area contributed by atoms with E-state index in [0.29, 0.717) is 12.1 Å². The van der Waals surface area contributed by atoms with Crippen molar-refractivity contribution in [2.45, 2.75) is 58.7 Å². The molecule has 0 aromatic rings. The zero-order valence-corrected chi connectivity index (χ0v) is 13.2. The Morgan fingerprint density at radius 3 is 2.16 bits per heavy atom. The van der Waals surface area contributed by atoms with Gasteiger partial charge in [-0.3, -0.25) is 10.2 Å². The monoisotopic (exact) mass is 266 g/mol. The fourth-order valence-corrected chi connectivity index (χ4v) is 2.68. The minimum Gasteiger partial charge on any atom is -0.301 e. The predicted molar refractivity (Wildman–Crippen MR) is 80.1 cm³/mol. The molecule has 4 nitrogen and oxygen atoms in total. The smallest absolute Gasteiger partial charge is 0.105 e. The molecule has 1 atom stereocenters. The van der Waals surface area contributed by atoms with Crippen LogP contribution >= 0.6 is 0 Å². The Hall–Kier alpha value is -0.630. The maximum atomic E-state index is 9.34. The van der Waals surface area contributed by atoms with Crippen molar-refractivity contribution < 1.29 is 0 Å². The lowest BCUT2D eigenvalue weighted by Gasteiger charge is -2.38. The zero-order valence-electron chi connectivity index (χ0n) is 13.2. The van der Waals surface area contributed by atoms with Gasteiger partial charge in [-0.1, -0.05) is 0 Å². The van der Waals surface area contributed by atoms with Gasteiger partial charge in [-0.05, 0) is 41.0 Å². The Labute approximate surface area is 118 Å². The maximum absolute atomic E-state index is 9.34. The quantitative estimate of drug-likeness (QED) is 0.794. The van der Waals surface area contributed by atoms with Crippen LogP contribution in [0.3, 0.4) is 0 Å². The average molecular weight is 266 g/mol. The second kappa shape index (κ2) is 7.23. The first kappa shape index (κ1) is 16.4. The van der Waals surface area contributed by atoms with Crippen LogP contribution in [0, 0.1) is 11.3 Å². The summed E-state index contributed by atoms with van der Waals surface area (Å²) >= 11 is 0. The molecule has 4 heteroatoms. The van der Waals surface area contributed by atoms with Crippen molar-refractivity contribution in [1.82, 2.24) is 15.1 Å². The van der Waals surface area contributed by atoms with Crippen molar-refractivity contribution in [2.24, 2.45) is 0 Å². The highest BCUT2D eigenvalue weighted by molar-refractivity contribution is 5.04. The molecule has 1 rings (SSSR count). The normalized spacial score (nSPS) is 21.6. The largest absolute Gasteiger partial charge is 0.301 e. The van der Waals surface area contributed by atoms with E-state index in [4.69, 9.17) is 0 Å². The molecule has 1 aliphatic heterocycles. The molecular weight excluding hydrogens is 236 g/mol. The summed E-state index contributed by atoms with van der Waals surface area (Å²) in [6.45, 7) is 16.3. The molecule has 0 bridgehead atoms. The average Bonchev–Trinajstić information content (AvgIpc) is 2.36. The van der Waals surface area contributed by atoms with E-state index >= 15 is 0 Å². The molecule has 110 valence electrons. The lowest BCUT2D eigenvalue weighted by atomic mass is 9.98. The van der Waals surface area contributed by atoms with Crippen molar-refractivity contribution >= 4 is 0 Å². The van der Waals surface area contributed by atoms with Gasteiger partial charge in [0, 0.05) is 44.8 Å². The molecule has 0 spiro atoms. The first-order chi connectivity index (χ1) is 8.86. The van der Waals surface area contributed by atoms with Gasteiger partial charge in [0.25, 0.3) is 0 Å². The first-order valence-corrected chi connectivity index (χ1v) is 7.51. The molecular formula is C15H30N4. The van der Waals surface area contributed by atoms with E-state index in [1.54, 1.807) is 0 Å². The van der Waals surface area contributed by atoms with Crippen LogP contribution in [0.1, 0.15) is 41.0 Å². The molecule has 0 aliphatic carbocycles. The molecule has 0 amide bonds. The molecule has 1 heterocycles. The van der Waals surface area contributed by atoms with Crippen molar-refractivity contribution in [2.75, 3.05) is 32.7 Å². The van der Waals surface area contributed by atoms with Crippen LogP contribution in [0.4, 0.5) is 0 Å². The lowest BCUT2D eigenvalue weighted by Crippen LogP contribution is -2.51. The Bertz CT molecular complexity index is 300. The second-order valence-electron chi connectivity index (χ2n) is 6.46. The number of piperazine rings is 1. The van der Waals surface area contributed by atoms with Gasteiger partial charge in [-0.25, -0.2) is 0 Å². The van der Waals surface area contributed by atoms with E-state index in [2.05, 4.69) is 48.9 Å². The molecule has 0 aromatic heterocycles. The Kier molecular flexibility index (Phi) is 6.25. The minimum absolute atomic E-state index is 0.349. The van der Waals surface area contributed by atoms with Gasteiger partial charge in [0.15, 0.2) is 0 Å². The van der Waals surface area contributed by atoms with Gasteiger partial charge in [-0.15, -0.1) is 0 Å². The molecule has 19 heavy (non-hydrogen) atoms. The fraction of sp³-hybridized carbons (Fsp3) is 0.933. The minimum atomic E-state index is -0.399. The van der Waals surface area contributed by atoms with E-state index in [0.717, 1.165) is 39.1 Å². The Morgan fingerprint density at radius 2 is 1.74 bits per heavy atom. The summed E-state index contributed by atoms with van der Waals surface area (Å²) in [5.74, 6) is 0. The molecule has 0 aromatic carbocycles. The summed E-state index contributed by atoms with van der Waals surface area (Å²) in [5, 5.41) is 12.7. The van der Waals surface area contributed by atoms with Crippen LogP contribution in [0.5, 0.6) is 0 Å². The summed E-state index contributed by atoms with van der Waals surface area (Å²) in [4.78, 5) is 5.00. The van der Waals surface area contributed by atoms with E-state index in [9.17, 15) is 5.26 Å². The van der Waals surface area contributed by atoms with Crippen LogP contribution in [0.25, 0.3) is 0 Å². The number of hydrogen-bond donors (Lipinski definition) is 1. The molecule has 1 saturated heterocycles. The van der Waals surface area contributed by atoms with E-state index in [-0.39, 0.29) is 0 Å². The standard InChI is InChI=1S/C15H30N4/c1-13(2)17-15(5,12-16)6-7-18-8-10-19(11-9-18)14(3)4/h13-14,17H,6-11H2,1-5H3. The van der Waals surface area contributed by atoms with E-state index in [1.807, 2.05) is 6.92 Å². The molecule has 0 saturated carbocycles. The highest BCUT2D eigenvalue weighted by atomic mass is 15.3. The van der Waals surface area contributed by atoms with Crippen molar-refractivity contribution in [3.8, 4) is 6.07 Å². The number of hydrogen-bond acceptors (Lipinski definition) is 4. The third-order valence-electron chi connectivity index (χ3n) is 3.92. The fourth-order valence-electron chi connectivity index (χ4n) is 2.68. The Morgan fingerprint density at radius 1 is 1.16 bits per heavy atom. The third-order valence-corrected chi connectivity index (χ3v) is 3.92. The number of nitrogens with zero attached hydrogens (tertiary/aromatic N) is 3. The summed E-state index contributed by atoms with van der Waals surface area (Å²) in [7, 11) is 0. The first-order valence-electron chi connectivity index (χ1n) is 7.51. The molecule has 1 fully saturated rings. The predicted octanol–water partition coefficient (Wildman–Crippen LogP) is 1.68. The summed E-state index contributed by atoms with van der Waals surface area (Å²) in [5.41, 5.74) is -0.399. The lowest BCUT2D eigenvalue weighted by molar-refractivity contribution is 0.103. The highest BCUT2D eigenvalue weighted by Crippen LogP contribution is 2.13. The van der Waals surface area contributed by atoms with Crippen LogP contribution < -0.4 is 5.32 Å². The second-order valence-corrected chi connectivity index (χ2v) is 6.46. The van der Waals surface area contributed by atoms with Gasteiger partial charge in [-0.2, -0.15) is 5.26 Å². The summed E-state index contributed by atoms with van der Waals surface area (Å²) in [6.07, 6.45) is 0.892. The maximum Gasteiger partial charge on any atom is 0.105 e. The van der Waals surface area contributed by atoms with Crippen molar-refractivity contribution in [3.63, 3.8) is 0 Å². The van der Waals surface area contributed by atoms with Gasteiger partial charge >= 0.3 is 0 Å². The van der Waals surface area contributed by atoms with Gasteiger partial charge in [0.2, 0.25) is 0 Å². The molecule has 1 aliphatic rings. The molecule has 0 radical (unpaired) electrons. The third kappa shape index (κ3) is 5.48. The van der Waals surface area contributed by atoms with Crippen LogP contribution in [0.15, 0.2) is 0 Å². The van der Waals surface area contributed by atoms with Crippen LogP contribution in [-0.2, 0) is 0 Å². The van der Waals surface area contributed by atoms with Crippen molar-refractivity contribution in [3.05, 3.63) is 0 Å². The SMILES string of the molecule is CC(C)NC(C)(C#N)CCN1CCN(C(C)C)CC1. The zero-order chi connectivity index (χ0) is 14.5. The van der Waals surface area contributed by atoms with Gasteiger partial charge < -0.3 is 4.90 Å². The number of nitriles is 1. The molecule has 1 unspecified atom stereocenters. The molecule has 1 N–H and O–H groups in total.